The van der Waals surface area contributed by atoms with E-state index in [4.69, 9.17) is 20.2 Å². The number of aliphatic carboxylic acids is 1. The SMILES string of the molecule is CC(C)(C)N.Cc1nc(-c2nnn(C)c2COCc2ccccc2)ccc1O[C@H]1CCC[C@H](C(=O)O)C1. The smallest absolute Gasteiger partial charge is 0.306 e. The third kappa shape index (κ3) is 8.94. The maximum Gasteiger partial charge on any atom is 0.306 e. The van der Waals surface area contributed by atoms with E-state index < -0.39 is 5.97 Å². The molecular formula is C28H39N5O4. The van der Waals surface area contributed by atoms with Gasteiger partial charge in [-0.15, -0.1) is 5.10 Å². The highest BCUT2D eigenvalue weighted by molar-refractivity contribution is 5.70. The predicted octanol–water partition coefficient (Wildman–Crippen LogP) is 4.67. The Kier molecular flexibility index (Phi) is 9.77. The van der Waals surface area contributed by atoms with E-state index >= 15 is 0 Å². The molecule has 0 bridgehead atoms. The molecule has 2 heterocycles. The van der Waals surface area contributed by atoms with E-state index in [2.05, 4.69) is 10.3 Å². The number of hydrogen-bond donors (Lipinski definition) is 2. The molecule has 0 saturated heterocycles. The van der Waals surface area contributed by atoms with Crippen LogP contribution in [0.25, 0.3) is 11.4 Å². The second kappa shape index (κ2) is 12.8. The Morgan fingerprint density at radius 2 is 1.84 bits per heavy atom. The van der Waals surface area contributed by atoms with Gasteiger partial charge in [0.1, 0.15) is 11.4 Å². The molecule has 37 heavy (non-hydrogen) atoms. The maximum atomic E-state index is 11.3. The third-order valence-corrected chi connectivity index (χ3v) is 5.84. The molecule has 9 heteroatoms. The van der Waals surface area contributed by atoms with Crippen molar-refractivity contribution in [1.82, 2.24) is 20.0 Å². The standard InChI is InChI=1S/C24H28N4O4.C4H11N/c1-16-22(32-19-10-6-9-18(13-19)24(29)30)12-11-20(25-16)23-21(28(2)27-26-23)15-31-14-17-7-4-3-5-8-17;1-4(2,3)5/h3-5,7-8,11-12,18-19H,6,9-10,13-15H2,1-2H3,(H,29,30);5H2,1-3H3/t18-,19-;/m0./s1. The normalized spacial score (nSPS) is 17.6. The summed E-state index contributed by atoms with van der Waals surface area (Å²) in [6.45, 7) is 8.65. The van der Waals surface area contributed by atoms with Crippen LogP contribution in [0.4, 0.5) is 0 Å². The van der Waals surface area contributed by atoms with E-state index in [9.17, 15) is 9.90 Å². The number of carbonyl (C=O) groups is 1. The predicted molar refractivity (Wildman–Crippen MR) is 142 cm³/mol. The first-order valence-electron chi connectivity index (χ1n) is 12.7. The zero-order valence-corrected chi connectivity index (χ0v) is 22.5. The van der Waals surface area contributed by atoms with Gasteiger partial charge in [0.05, 0.1) is 42.3 Å². The second-order valence-electron chi connectivity index (χ2n) is 10.6. The largest absolute Gasteiger partial charge is 0.489 e. The average Bonchev–Trinajstić information content (AvgIpc) is 3.20. The minimum atomic E-state index is -0.742. The number of nitrogens with zero attached hydrogens (tertiary/aromatic N) is 4. The van der Waals surface area contributed by atoms with Crippen molar-refractivity contribution in [3.8, 4) is 17.1 Å². The first-order valence-corrected chi connectivity index (χ1v) is 12.7. The highest BCUT2D eigenvalue weighted by Gasteiger charge is 2.28. The summed E-state index contributed by atoms with van der Waals surface area (Å²) in [5.74, 6) is -0.400. The van der Waals surface area contributed by atoms with E-state index in [-0.39, 0.29) is 17.6 Å². The van der Waals surface area contributed by atoms with Crippen molar-refractivity contribution >= 4 is 5.97 Å². The summed E-state index contributed by atoms with van der Waals surface area (Å²) >= 11 is 0. The van der Waals surface area contributed by atoms with Crippen LogP contribution in [0.2, 0.25) is 0 Å². The number of rotatable bonds is 8. The molecule has 3 N–H and O–H groups in total. The number of aromatic nitrogens is 4. The van der Waals surface area contributed by atoms with Gasteiger partial charge in [0.2, 0.25) is 0 Å². The van der Waals surface area contributed by atoms with Gasteiger partial charge in [-0.1, -0.05) is 35.5 Å². The van der Waals surface area contributed by atoms with Gasteiger partial charge in [0, 0.05) is 12.6 Å². The minimum absolute atomic E-state index is 0. The topological polar surface area (TPSA) is 125 Å². The van der Waals surface area contributed by atoms with Crippen LogP contribution in [0.5, 0.6) is 5.75 Å². The molecule has 200 valence electrons. The van der Waals surface area contributed by atoms with E-state index in [1.807, 2.05) is 77.2 Å². The molecule has 1 fully saturated rings. The molecule has 0 radical (unpaired) electrons. The van der Waals surface area contributed by atoms with Crippen molar-refractivity contribution in [3.63, 3.8) is 0 Å². The molecule has 1 aliphatic rings. The third-order valence-electron chi connectivity index (χ3n) is 5.84. The van der Waals surface area contributed by atoms with Crippen molar-refractivity contribution in [1.29, 1.82) is 0 Å². The lowest BCUT2D eigenvalue weighted by molar-refractivity contribution is -0.143. The fraction of sp³-hybridized carbons (Fsp3) is 0.500. The van der Waals surface area contributed by atoms with E-state index in [0.29, 0.717) is 43.2 Å². The molecule has 0 unspecified atom stereocenters. The molecule has 4 rings (SSSR count). The van der Waals surface area contributed by atoms with Crippen molar-refractivity contribution in [2.45, 2.75) is 78.2 Å². The molecule has 1 aromatic carbocycles. The van der Waals surface area contributed by atoms with E-state index in [0.717, 1.165) is 29.8 Å². The number of pyridine rings is 1. The van der Waals surface area contributed by atoms with Crippen LogP contribution >= 0.6 is 0 Å². The van der Waals surface area contributed by atoms with Gasteiger partial charge in [-0.05, 0) is 71.1 Å². The molecule has 1 aliphatic carbocycles. The molecule has 0 spiro atoms. The molecule has 1 saturated carbocycles. The molecular weight excluding hydrogens is 470 g/mol. The Hall–Kier alpha value is -3.30. The first kappa shape index (κ1) is 28.3. The number of carboxylic acids is 1. The van der Waals surface area contributed by atoms with Gasteiger partial charge < -0.3 is 20.3 Å². The van der Waals surface area contributed by atoms with Crippen LogP contribution in [0.3, 0.4) is 0 Å². The van der Waals surface area contributed by atoms with Crippen LogP contribution in [-0.4, -0.2) is 42.7 Å². The summed E-state index contributed by atoms with van der Waals surface area (Å²) < 4.78 is 13.7. The van der Waals surface area contributed by atoms with Crippen LogP contribution in [0, 0.1) is 12.8 Å². The molecule has 3 aromatic rings. The number of nitrogens with two attached hydrogens (primary N) is 1. The molecule has 0 aliphatic heterocycles. The minimum Gasteiger partial charge on any atom is -0.489 e. The van der Waals surface area contributed by atoms with Crippen molar-refractivity contribution in [3.05, 3.63) is 59.4 Å². The number of aryl methyl sites for hydroxylation is 2. The lowest BCUT2D eigenvalue weighted by Crippen LogP contribution is -2.29. The lowest BCUT2D eigenvalue weighted by Gasteiger charge is -2.27. The Morgan fingerprint density at radius 3 is 2.49 bits per heavy atom. The van der Waals surface area contributed by atoms with Gasteiger partial charge in [0.25, 0.3) is 0 Å². The molecule has 2 atom stereocenters. The van der Waals surface area contributed by atoms with Gasteiger partial charge in [-0.3, -0.25) is 4.79 Å². The fourth-order valence-corrected chi connectivity index (χ4v) is 4.04. The van der Waals surface area contributed by atoms with Crippen molar-refractivity contribution in [2.75, 3.05) is 0 Å². The zero-order chi connectivity index (χ0) is 27.0. The van der Waals surface area contributed by atoms with Gasteiger partial charge in [0.15, 0.2) is 0 Å². The Bertz CT molecular complexity index is 1150. The summed E-state index contributed by atoms with van der Waals surface area (Å²) in [5.41, 5.74) is 9.42. The van der Waals surface area contributed by atoms with Crippen LogP contribution in [0.1, 0.15) is 63.4 Å². The van der Waals surface area contributed by atoms with Crippen LogP contribution in [0.15, 0.2) is 42.5 Å². The fourth-order valence-electron chi connectivity index (χ4n) is 4.04. The molecule has 9 nitrogen and oxygen atoms in total. The quantitative estimate of drug-likeness (QED) is 0.449. The van der Waals surface area contributed by atoms with Gasteiger partial charge in [-0.25, -0.2) is 9.67 Å². The van der Waals surface area contributed by atoms with Crippen LogP contribution in [-0.2, 0) is 29.8 Å². The van der Waals surface area contributed by atoms with Crippen molar-refractivity contribution in [2.24, 2.45) is 18.7 Å². The number of ether oxygens (including phenoxy) is 2. The van der Waals surface area contributed by atoms with Gasteiger partial charge >= 0.3 is 5.97 Å². The zero-order valence-electron chi connectivity index (χ0n) is 22.5. The number of carboxylic acid groups (broad SMARTS) is 1. The second-order valence-corrected chi connectivity index (χ2v) is 10.6. The van der Waals surface area contributed by atoms with Crippen LogP contribution < -0.4 is 10.5 Å². The summed E-state index contributed by atoms with van der Waals surface area (Å²) in [6.07, 6.45) is 2.86. The summed E-state index contributed by atoms with van der Waals surface area (Å²) in [7, 11) is 1.84. The van der Waals surface area contributed by atoms with E-state index in [1.54, 1.807) is 4.68 Å². The Morgan fingerprint density at radius 1 is 1.14 bits per heavy atom. The molecule has 2 aromatic heterocycles. The summed E-state index contributed by atoms with van der Waals surface area (Å²) in [5, 5.41) is 17.7. The van der Waals surface area contributed by atoms with Crippen molar-refractivity contribution < 1.29 is 19.4 Å². The summed E-state index contributed by atoms with van der Waals surface area (Å²) in [4.78, 5) is 16.0. The van der Waals surface area contributed by atoms with E-state index in [1.165, 1.54) is 0 Å². The number of benzene rings is 1. The monoisotopic (exact) mass is 509 g/mol. The molecule has 0 amide bonds. The highest BCUT2D eigenvalue weighted by Crippen LogP contribution is 2.30. The van der Waals surface area contributed by atoms with Gasteiger partial charge in [-0.2, -0.15) is 0 Å². The average molecular weight is 510 g/mol. The maximum absolute atomic E-state index is 11.3. The highest BCUT2D eigenvalue weighted by atomic mass is 16.5. The lowest BCUT2D eigenvalue weighted by atomic mass is 9.87. The summed E-state index contributed by atoms with van der Waals surface area (Å²) in [6, 6.07) is 13.7. The Labute approximate surface area is 219 Å². The number of hydrogen-bond acceptors (Lipinski definition) is 7. The Balaban J connectivity index is 0.000000695. The first-order chi connectivity index (χ1) is 17.5.